The van der Waals surface area contributed by atoms with E-state index in [0.717, 1.165) is 0 Å². The van der Waals surface area contributed by atoms with Crippen LogP contribution in [0.1, 0.15) is 0 Å². The summed E-state index contributed by atoms with van der Waals surface area (Å²) >= 11 is 0. The van der Waals surface area contributed by atoms with Crippen molar-refractivity contribution < 1.29 is 13.6 Å². The van der Waals surface area contributed by atoms with Crippen molar-refractivity contribution in [2.24, 2.45) is 11.5 Å². The van der Waals surface area contributed by atoms with Gasteiger partial charge in [-0.3, -0.25) is 0 Å². The highest BCUT2D eigenvalue weighted by Gasteiger charge is 2.34. The average molecular weight is 230 g/mol. The number of hydrogen-bond donors (Lipinski definition) is 2. The van der Waals surface area contributed by atoms with Crippen molar-refractivity contribution >= 4 is 7.60 Å². The fourth-order valence-electron chi connectivity index (χ4n) is 1.17. The van der Waals surface area contributed by atoms with Gasteiger partial charge in [0.15, 0.2) is 11.5 Å². The molecule has 15 heavy (non-hydrogen) atoms. The maximum absolute atomic E-state index is 11.7. The molecular formula is C9H15N2O3P. The van der Waals surface area contributed by atoms with Gasteiger partial charge in [0, 0.05) is 6.54 Å². The molecule has 1 aliphatic rings. The fraction of sp³-hybridized carbons (Fsp3) is 0.333. The Bertz CT molecular complexity index is 341. The Morgan fingerprint density at radius 2 is 1.67 bits per heavy atom. The van der Waals surface area contributed by atoms with Crippen LogP contribution >= 0.6 is 7.60 Å². The molecule has 4 N–H and O–H groups in total. The molecule has 1 aromatic carbocycles. The van der Waals surface area contributed by atoms with Gasteiger partial charge in [-0.05, 0) is 19.2 Å². The van der Waals surface area contributed by atoms with Crippen molar-refractivity contribution in [1.29, 1.82) is 0 Å². The van der Waals surface area contributed by atoms with E-state index in [0.29, 0.717) is 18.0 Å². The predicted molar refractivity (Wildman–Crippen MR) is 59.3 cm³/mol. The Kier molecular flexibility index (Phi) is 4.15. The highest BCUT2D eigenvalue weighted by Crippen LogP contribution is 2.57. The van der Waals surface area contributed by atoms with Gasteiger partial charge < -0.3 is 20.5 Å². The first-order chi connectivity index (χ1) is 7.23. The van der Waals surface area contributed by atoms with Crippen LogP contribution in [-0.2, 0) is 4.57 Å². The molecule has 0 aliphatic carbocycles. The van der Waals surface area contributed by atoms with Gasteiger partial charge in [0.2, 0.25) is 0 Å². The van der Waals surface area contributed by atoms with Crippen LogP contribution in [0.2, 0.25) is 0 Å². The summed E-state index contributed by atoms with van der Waals surface area (Å²) in [6.45, 7) is 0.297. The molecule has 0 aromatic heterocycles. The molecule has 0 atom stereocenters. The van der Waals surface area contributed by atoms with Crippen molar-refractivity contribution in [3.63, 3.8) is 0 Å². The second-order valence-corrected chi connectivity index (χ2v) is 4.79. The Morgan fingerprint density at radius 3 is 2.07 bits per heavy atom. The van der Waals surface area contributed by atoms with Crippen molar-refractivity contribution in [1.82, 2.24) is 0 Å². The SMILES string of the molecule is CN.NCCP1(=O)Oc2ccccc2O1. The first-order valence-electron chi connectivity index (χ1n) is 4.59. The molecule has 5 nitrogen and oxygen atoms in total. The first-order valence-corrected chi connectivity index (χ1v) is 6.31. The highest BCUT2D eigenvalue weighted by molar-refractivity contribution is 7.55. The molecule has 0 unspecified atom stereocenters. The molecule has 0 saturated carbocycles. The number of rotatable bonds is 2. The largest absolute Gasteiger partial charge is 0.432 e. The van der Waals surface area contributed by atoms with E-state index in [1.807, 2.05) is 0 Å². The summed E-state index contributed by atoms with van der Waals surface area (Å²) in [6.07, 6.45) is 0.252. The number of hydrogen-bond acceptors (Lipinski definition) is 5. The second-order valence-electron chi connectivity index (χ2n) is 2.75. The third kappa shape index (κ3) is 2.72. The van der Waals surface area contributed by atoms with Gasteiger partial charge in [0.1, 0.15) is 0 Å². The third-order valence-electron chi connectivity index (χ3n) is 1.73. The number of fused-ring (bicyclic) bond motifs is 1. The van der Waals surface area contributed by atoms with Crippen LogP contribution in [0.25, 0.3) is 0 Å². The van der Waals surface area contributed by atoms with E-state index in [2.05, 4.69) is 5.73 Å². The smallest absolute Gasteiger partial charge is 0.412 e. The van der Waals surface area contributed by atoms with Crippen LogP contribution in [-0.4, -0.2) is 19.8 Å². The Hall–Kier alpha value is -1.03. The molecular weight excluding hydrogens is 215 g/mol. The Morgan fingerprint density at radius 1 is 1.20 bits per heavy atom. The van der Waals surface area contributed by atoms with E-state index in [1.54, 1.807) is 24.3 Å². The highest BCUT2D eigenvalue weighted by atomic mass is 31.2. The van der Waals surface area contributed by atoms with Crippen LogP contribution in [0.3, 0.4) is 0 Å². The lowest BCUT2D eigenvalue weighted by molar-refractivity contribution is 0.431. The lowest BCUT2D eigenvalue weighted by Crippen LogP contribution is -2.09. The van der Waals surface area contributed by atoms with E-state index >= 15 is 0 Å². The van der Waals surface area contributed by atoms with Gasteiger partial charge in [0.05, 0.1) is 6.16 Å². The minimum Gasteiger partial charge on any atom is -0.412 e. The van der Waals surface area contributed by atoms with Gasteiger partial charge in [-0.1, -0.05) is 12.1 Å². The van der Waals surface area contributed by atoms with Crippen LogP contribution in [0, 0.1) is 0 Å². The quantitative estimate of drug-likeness (QED) is 0.745. The summed E-state index contributed by atoms with van der Waals surface area (Å²) in [6, 6.07) is 7.07. The number of nitrogens with two attached hydrogens (primary N) is 2. The van der Waals surface area contributed by atoms with E-state index in [9.17, 15) is 4.57 Å². The summed E-state index contributed by atoms with van der Waals surface area (Å²) in [5.74, 6) is 1.08. The molecule has 2 rings (SSSR count). The summed E-state index contributed by atoms with van der Waals surface area (Å²) in [7, 11) is -1.48. The van der Waals surface area contributed by atoms with Gasteiger partial charge in [0.25, 0.3) is 0 Å². The first kappa shape index (κ1) is 12.0. The number of para-hydroxylation sites is 2. The molecule has 0 saturated heterocycles. The molecule has 0 fully saturated rings. The summed E-state index contributed by atoms with van der Waals surface area (Å²) in [5.41, 5.74) is 9.80. The molecule has 0 bridgehead atoms. The monoisotopic (exact) mass is 230 g/mol. The number of benzene rings is 1. The van der Waals surface area contributed by atoms with E-state index in [1.165, 1.54) is 7.05 Å². The van der Waals surface area contributed by atoms with Gasteiger partial charge in [-0.15, -0.1) is 0 Å². The maximum Gasteiger partial charge on any atom is 0.432 e. The maximum atomic E-state index is 11.7. The Balaban J connectivity index is 0.000000531. The van der Waals surface area contributed by atoms with Crippen molar-refractivity contribution in [3.8, 4) is 11.5 Å². The second kappa shape index (κ2) is 5.16. The van der Waals surface area contributed by atoms with Gasteiger partial charge in [-0.25, -0.2) is 4.57 Å². The molecule has 1 heterocycles. The van der Waals surface area contributed by atoms with Crippen molar-refractivity contribution in [2.75, 3.05) is 19.8 Å². The minimum atomic E-state index is -2.98. The average Bonchev–Trinajstić information content (AvgIpc) is 2.57. The van der Waals surface area contributed by atoms with Crippen LogP contribution in [0.4, 0.5) is 0 Å². The van der Waals surface area contributed by atoms with Crippen LogP contribution in [0.15, 0.2) is 24.3 Å². The third-order valence-corrected chi connectivity index (χ3v) is 3.48. The molecule has 1 aliphatic heterocycles. The zero-order valence-corrected chi connectivity index (χ0v) is 9.44. The van der Waals surface area contributed by atoms with Crippen molar-refractivity contribution in [2.45, 2.75) is 0 Å². The zero-order valence-electron chi connectivity index (χ0n) is 8.55. The van der Waals surface area contributed by atoms with Crippen molar-refractivity contribution in [3.05, 3.63) is 24.3 Å². The molecule has 1 aromatic rings. The summed E-state index contributed by atoms with van der Waals surface area (Å²) < 4.78 is 22.1. The van der Waals surface area contributed by atoms with Crippen LogP contribution in [0.5, 0.6) is 11.5 Å². The fourth-order valence-corrected chi connectivity index (χ4v) is 2.61. The molecule has 0 amide bonds. The van der Waals surface area contributed by atoms with Crippen LogP contribution < -0.4 is 20.5 Å². The Labute approximate surface area is 88.9 Å². The minimum absolute atomic E-state index is 0.252. The lowest BCUT2D eigenvalue weighted by atomic mass is 10.3. The summed E-state index contributed by atoms with van der Waals surface area (Å²) in [4.78, 5) is 0. The van der Waals surface area contributed by atoms with Gasteiger partial charge in [-0.2, -0.15) is 0 Å². The molecule has 84 valence electrons. The topological polar surface area (TPSA) is 87.6 Å². The van der Waals surface area contributed by atoms with Gasteiger partial charge >= 0.3 is 7.60 Å². The standard InChI is InChI=1S/C8H10NO3P.CH5N/c9-5-6-13(10)11-7-3-1-2-4-8(7)12-13;1-2/h1-4H,5-6,9H2;2H2,1H3. The lowest BCUT2D eigenvalue weighted by Gasteiger charge is -2.07. The van der Waals surface area contributed by atoms with E-state index < -0.39 is 7.60 Å². The molecule has 0 spiro atoms. The zero-order chi connectivity index (χ0) is 11.3. The van der Waals surface area contributed by atoms with E-state index in [4.69, 9.17) is 14.8 Å². The van der Waals surface area contributed by atoms with E-state index in [-0.39, 0.29) is 6.16 Å². The summed E-state index contributed by atoms with van der Waals surface area (Å²) in [5, 5.41) is 0. The normalized spacial score (nSPS) is 15.4. The predicted octanol–water partition coefficient (Wildman–Crippen LogP) is 1.18. The molecule has 0 radical (unpaired) electrons. The molecule has 6 heteroatoms.